The Balaban J connectivity index is 2.81. The Bertz CT molecular complexity index is 810. The third-order valence-electron chi connectivity index (χ3n) is 2.14. The SMILES string of the molecule is O=c1[nH]cc(N=S(=O)=O)c(=O)n1-c1ccccc1. The number of hydrogen-bond acceptors (Lipinski definition) is 5. The topological polar surface area (TPSA) is 101 Å². The molecule has 1 N–H and O–H groups in total. The predicted octanol–water partition coefficient (Wildman–Crippen LogP) is 0.220. The lowest BCUT2D eigenvalue weighted by molar-refractivity contribution is 0.622. The van der Waals surface area contributed by atoms with Crippen molar-refractivity contribution in [3.05, 3.63) is 57.4 Å². The van der Waals surface area contributed by atoms with Crippen LogP contribution in [0.2, 0.25) is 0 Å². The van der Waals surface area contributed by atoms with Crippen molar-refractivity contribution in [2.75, 3.05) is 0 Å². The molecule has 0 aliphatic rings. The van der Waals surface area contributed by atoms with Gasteiger partial charge in [0.2, 0.25) is 0 Å². The van der Waals surface area contributed by atoms with E-state index in [4.69, 9.17) is 0 Å². The van der Waals surface area contributed by atoms with E-state index in [-0.39, 0.29) is 5.69 Å². The standard InChI is InChI=1S/C10H7N3O4S/c14-9-8(12-18(16)17)6-11-10(15)13(9)7-4-2-1-3-5-7/h1-6H,(H,11,15). The smallest absolute Gasteiger partial charge is 0.311 e. The molecule has 0 radical (unpaired) electrons. The lowest BCUT2D eigenvalue weighted by Gasteiger charge is -2.03. The average Bonchev–Trinajstić information content (AvgIpc) is 2.34. The molecule has 0 amide bonds. The summed E-state index contributed by atoms with van der Waals surface area (Å²) in [5.41, 5.74) is -1.49. The summed E-state index contributed by atoms with van der Waals surface area (Å²) in [7, 11) is -2.76. The fourth-order valence-electron chi connectivity index (χ4n) is 1.42. The molecule has 0 saturated carbocycles. The second-order valence-electron chi connectivity index (χ2n) is 3.26. The fraction of sp³-hybridized carbons (Fsp3) is 0. The molecule has 0 saturated heterocycles. The zero-order valence-corrected chi connectivity index (χ0v) is 9.72. The van der Waals surface area contributed by atoms with Crippen LogP contribution >= 0.6 is 0 Å². The Morgan fingerprint density at radius 2 is 1.78 bits per heavy atom. The Labute approximate surface area is 102 Å². The summed E-state index contributed by atoms with van der Waals surface area (Å²) in [4.78, 5) is 25.7. The molecule has 0 atom stereocenters. The Hall–Kier alpha value is -2.48. The van der Waals surface area contributed by atoms with Crippen molar-refractivity contribution < 1.29 is 8.42 Å². The Morgan fingerprint density at radius 1 is 1.11 bits per heavy atom. The number of nitrogens with one attached hydrogen (secondary N) is 1. The van der Waals surface area contributed by atoms with Crippen LogP contribution in [0, 0.1) is 0 Å². The number of rotatable bonds is 2. The molecule has 92 valence electrons. The molecule has 1 aromatic carbocycles. The molecular formula is C10H7N3O4S. The minimum absolute atomic E-state index is 0.331. The lowest BCUT2D eigenvalue weighted by atomic mass is 10.3. The maximum atomic E-state index is 11.9. The van der Waals surface area contributed by atoms with Gasteiger partial charge in [0.25, 0.3) is 5.56 Å². The number of aromatic nitrogens is 2. The highest BCUT2D eigenvalue weighted by Gasteiger charge is 2.08. The van der Waals surface area contributed by atoms with Gasteiger partial charge in [-0.1, -0.05) is 18.2 Å². The maximum absolute atomic E-state index is 11.9. The van der Waals surface area contributed by atoms with E-state index >= 15 is 0 Å². The molecule has 2 rings (SSSR count). The van der Waals surface area contributed by atoms with Gasteiger partial charge in [-0.2, -0.15) is 8.42 Å². The summed E-state index contributed by atoms with van der Waals surface area (Å²) in [6.07, 6.45) is 0.958. The first-order valence-corrected chi connectivity index (χ1v) is 5.84. The van der Waals surface area contributed by atoms with Crippen LogP contribution in [0.4, 0.5) is 5.69 Å². The number of benzene rings is 1. The number of hydrogen-bond donors (Lipinski definition) is 1. The molecule has 1 heterocycles. The average molecular weight is 265 g/mol. The van der Waals surface area contributed by atoms with E-state index in [2.05, 4.69) is 9.35 Å². The van der Waals surface area contributed by atoms with Crippen LogP contribution < -0.4 is 11.2 Å². The minimum atomic E-state index is -2.76. The molecule has 0 bridgehead atoms. The molecule has 0 fully saturated rings. The summed E-state index contributed by atoms with van der Waals surface area (Å²) in [5.74, 6) is 0. The van der Waals surface area contributed by atoms with Crippen LogP contribution in [0.15, 0.2) is 50.5 Å². The Morgan fingerprint density at radius 3 is 2.39 bits per heavy atom. The summed E-state index contributed by atoms with van der Waals surface area (Å²) in [5, 5.41) is 0. The van der Waals surface area contributed by atoms with Crippen LogP contribution in [0.25, 0.3) is 5.69 Å². The summed E-state index contributed by atoms with van der Waals surface area (Å²) >= 11 is 0. The van der Waals surface area contributed by atoms with Crippen molar-refractivity contribution in [1.82, 2.24) is 9.55 Å². The quantitative estimate of drug-likeness (QED) is 0.839. The summed E-state index contributed by atoms with van der Waals surface area (Å²) in [6.45, 7) is 0. The van der Waals surface area contributed by atoms with Crippen molar-refractivity contribution in [3.8, 4) is 5.69 Å². The van der Waals surface area contributed by atoms with E-state index in [0.717, 1.165) is 10.8 Å². The molecular weight excluding hydrogens is 258 g/mol. The number of H-pyrrole nitrogens is 1. The van der Waals surface area contributed by atoms with E-state index in [9.17, 15) is 18.0 Å². The second kappa shape index (κ2) is 4.80. The first-order chi connectivity index (χ1) is 8.59. The van der Waals surface area contributed by atoms with Crippen LogP contribution in [0.1, 0.15) is 0 Å². The van der Waals surface area contributed by atoms with E-state index < -0.39 is 21.7 Å². The van der Waals surface area contributed by atoms with Crippen molar-refractivity contribution in [2.24, 2.45) is 4.36 Å². The van der Waals surface area contributed by atoms with Gasteiger partial charge in [-0.15, -0.1) is 4.36 Å². The van der Waals surface area contributed by atoms with Gasteiger partial charge in [0.15, 0.2) is 5.69 Å². The predicted molar refractivity (Wildman–Crippen MR) is 63.7 cm³/mol. The van der Waals surface area contributed by atoms with Crippen LogP contribution in [0.3, 0.4) is 0 Å². The maximum Gasteiger partial charge on any atom is 0.333 e. The number of para-hydroxylation sites is 1. The fourth-order valence-corrected chi connectivity index (χ4v) is 1.71. The van der Waals surface area contributed by atoms with Gasteiger partial charge in [-0.3, -0.25) is 4.79 Å². The second-order valence-corrected chi connectivity index (χ2v) is 3.88. The van der Waals surface area contributed by atoms with Gasteiger partial charge < -0.3 is 4.98 Å². The summed E-state index contributed by atoms with van der Waals surface area (Å²) in [6, 6.07) is 8.13. The van der Waals surface area contributed by atoms with Crippen molar-refractivity contribution in [1.29, 1.82) is 0 Å². The van der Waals surface area contributed by atoms with Crippen molar-refractivity contribution in [3.63, 3.8) is 0 Å². The number of nitrogens with zero attached hydrogens (tertiary/aromatic N) is 2. The highest BCUT2D eigenvalue weighted by atomic mass is 32.2. The first-order valence-electron chi connectivity index (χ1n) is 4.81. The monoisotopic (exact) mass is 265 g/mol. The first kappa shape index (κ1) is 12.0. The van der Waals surface area contributed by atoms with Crippen LogP contribution in [-0.4, -0.2) is 18.0 Å². The molecule has 0 aliphatic heterocycles. The Kier molecular flexibility index (Phi) is 3.20. The lowest BCUT2D eigenvalue weighted by Crippen LogP contribution is -2.32. The largest absolute Gasteiger partial charge is 0.333 e. The van der Waals surface area contributed by atoms with E-state index in [1.54, 1.807) is 30.3 Å². The summed E-state index contributed by atoms with van der Waals surface area (Å²) < 4.78 is 24.8. The van der Waals surface area contributed by atoms with Gasteiger partial charge in [-0.25, -0.2) is 9.36 Å². The van der Waals surface area contributed by atoms with Crippen molar-refractivity contribution >= 4 is 16.2 Å². The third-order valence-corrected chi connectivity index (χ3v) is 2.49. The number of aromatic amines is 1. The van der Waals surface area contributed by atoms with E-state index in [1.807, 2.05) is 0 Å². The molecule has 7 nitrogen and oxygen atoms in total. The zero-order valence-electron chi connectivity index (χ0n) is 8.90. The van der Waals surface area contributed by atoms with Gasteiger partial charge in [0, 0.05) is 6.20 Å². The van der Waals surface area contributed by atoms with E-state index in [0.29, 0.717) is 5.69 Å². The molecule has 0 aliphatic carbocycles. The highest BCUT2D eigenvalue weighted by Crippen LogP contribution is 2.04. The highest BCUT2D eigenvalue weighted by molar-refractivity contribution is 7.61. The van der Waals surface area contributed by atoms with Crippen LogP contribution in [0.5, 0.6) is 0 Å². The van der Waals surface area contributed by atoms with Gasteiger partial charge in [0.05, 0.1) is 5.69 Å². The van der Waals surface area contributed by atoms with E-state index in [1.165, 1.54) is 0 Å². The third kappa shape index (κ3) is 2.28. The van der Waals surface area contributed by atoms with Gasteiger partial charge in [0.1, 0.15) is 0 Å². The molecule has 2 aromatic rings. The minimum Gasteiger partial charge on any atom is -0.311 e. The van der Waals surface area contributed by atoms with Gasteiger partial charge in [-0.05, 0) is 12.1 Å². The normalized spacial score (nSPS) is 10.0. The van der Waals surface area contributed by atoms with Gasteiger partial charge >= 0.3 is 16.2 Å². The van der Waals surface area contributed by atoms with Crippen LogP contribution in [-0.2, 0) is 10.5 Å². The molecule has 18 heavy (non-hydrogen) atoms. The molecule has 1 aromatic heterocycles. The molecule has 8 heteroatoms. The molecule has 0 unspecified atom stereocenters. The molecule has 0 spiro atoms. The van der Waals surface area contributed by atoms with Crippen molar-refractivity contribution in [2.45, 2.75) is 0 Å². The zero-order chi connectivity index (χ0) is 13.1.